The van der Waals surface area contributed by atoms with Crippen molar-refractivity contribution in [2.75, 3.05) is 12.4 Å². The van der Waals surface area contributed by atoms with Crippen LogP contribution in [0.15, 0.2) is 24.3 Å². The van der Waals surface area contributed by atoms with Gasteiger partial charge in [0, 0.05) is 6.07 Å². The van der Waals surface area contributed by atoms with Gasteiger partial charge in [-0.15, -0.1) is 0 Å². The third kappa shape index (κ3) is 3.28. The number of rotatable bonds is 3. The van der Waals surface area contributed by atoms with E-state index in [-0.39, 0.29) is 27.6 Å². The first kappa shape index (κ1) is 14.4. The second-order valence-electron chi connectivity index (χ2n) is 3.68. The molecule has 0 fully saturated rings. The van der Waals surface area contributed by atoms with Crippen LogP contribution < -0.4 is 10.1 Å². The van der Waals surface area contributed by atoms with Crippen LogP contribution in [0.25, 0.3) is 0 Å². The van der Waals surface area contributed by atoms with Crippen LogP contribution in [-0.2, 0) is 0 Å². The summed E-state index contributed by atoms with van der Waals surface area (Å²) in [6, 6.07) is 5.62. The van der Waals surface area contributed by atoms with Crippen LogP contribution in [0.5, 0.6) is 11.5 Å². The summed E-state index contributed by atoms with van der Waals surface area (Å²) in [7, 11) is 1.46. The van der Waals surface area contributed by atoms with Crippen LogP contribution >= 0.6 is 23.2 Å². The zero-order chi connectivity index (χ0) is 14.7. The highest BCUT2D eigenvalue weighted by molar-refractivity contribution is 6.32. The second-order valence-corrected chi connectivity index (χ2v) is 4.41. The molecule has 2 N–H and O–H groups in total. The number of nitrogens with zero attached hydrogens (tertiary/aromatic N) is 2. The zero-order valence-electron chi connectivity index (χ0n) is 10.2. The lowest BCUT2D eigenvalue weighted by Crippen LogP contribution is -2.13. The summed E-state index contributed by atoms with van der Waals surface area (Å²) in [6.07, 6.45) is 0. The molecule has 0 saturated carbocycles. The van der Waals surface area contributed by atoms with E-state index in [9.17, 15) is 9.90 Å². The molecule has 0 aliphatic carbocycles. The van der Waals surface area contributed by atoms with E-state index in [2.05, 4.69) is 15.3 Å². The zero-order valence-corrected chi connectivity index (χ0v) is 11.7. The summed E-state index contributed by atoms with van der Waals surface area (Å²) < 4.78 is 4.99. The van der Waals surface area contributed by atoms with Crippen LogP contribution in [0, 0.1) is 0 Å². The molecule has 2 aromatic rings. The molecule has 2 rings (SSSR count). The molecule has 1 aromatic heterocycles. The third-order valence-electron chi connectivity index (χ3n) is 2.36. The van der Waals surface area contributed by atoms with Crippen molar-refractivity contribution in [3.8, 4) is 11.5 Å². The molecule has 0 saturated heterocycles. The van der Waals surface area contributed by atoms with Crippen LogP contribution in [0.3, 0.4) is 0 Å². The molecular weight excluding hydrogens is 305 g/mol. The van der Waals surface area contributed by atoms with E-state index in [0.717, 1.165) is 0 Å². The number of halogens is 2. The SMILES string of the molecule is COc1ccc(O)c(C(=O)Nc2cc(Cl)nc(Cl)n2)c1. The topological polar surface area (TPSA) is 84.3 Å². The number of carbonyl (C=O) groups is 1. The van der Waals surface area contributed by atoms with Gasteiger partial charge in [0.2, 0.25) is 5.28 Å². The number of aromatic nitrogens is 2. The maximum atomic E-state index is 12.1. The Balaban J connectivity index is 2.27. The van der Waals surface area contributed by atoms with E-state index in [4.69, 9.17) is 27.9 Å². The van der Waals surface area contributed by atoms with Gasteiger partial charge in [0.05, 0.1) is 12.7 Å². The first-order chi connectivity index (χ1) is 9.49. The van der Waals surface area contributed by atoms with Crippen molar-refractivity contribution in [2.24, 2.45) is 0 Å². The van der Waals surface area contributed by atoms with Gasteiger partial charge >= 0.3 is 0 Å². The maximum absolute atomic E-state index is 12.1. The van der Waals surface area contributed by atoms with E-state index in [1.165, 1.54) is 31.4 Å². The van der Waals surface area contributed by atoms with Gasteiger partial charge in [0.15, 0.2) is 0 Å². The van der Waals surface area contributed by atoms with Crippen molar-refractivity contribution in [2.45, 2.75) is 0 Å². The Morgan fingerprint density at radius 2 is 2.05 bits per heavy atom. The van der Waals surface area contributed by atoms with Crippen LogP contribution in [0.1, 0.15) is 10.4 Å². The molecule has 0 aliphatic heterocycles. The van der Waals surface area contributed by atoms with Crippen molar-refractivity contribution in [3.63, 3.8) is 0 Å². The van der Waals surface area contributed by atoms with Gasteiger partial charge in [-0.2, -0.15) is 0 Å². The average Bonchev–Trinajstić information content (AvgIpc) is 2.37. The number of phenolic OH excluding ortho intramolecular Hbond substituents is 1. The third-order valence-corrected chi connectivity index (χ3v) is 2.72. The molecule has 1 heterocycles. The summed E-state index contributed by atoms with van der Waals surface area (Å²) in [4.78, 5) is 19.5. The Bertz CT molecular complexity index is 644. The minimum atomic E-state index is -0.577. The lowest BCUT2D eigenvalue weighted by molar-refractivity contribution is 0.102. The van der Waals surface area contributed by atoms with Crippen molar-refractivity contribution in [3.05, 3.63) is 40.3 Å². The quantitative estimate of drug-likeness (QED) is 0.672. The Hall–Kier alpha value is -2.05. The maximum Gasteiger partial charge on any atom is 0.260 e. The number of aromatic hydroxyl groups is 1. The highest BCUT2D eigenvalue weighted by Crippen LogP contribution is 2.24. The van der Waals surface area contributed by atoms with E-state index in [1.807, 2.05) is 0 Å². The summed E-state index contributed by atoms with van der Waals surface area (Å²) >= 11 is 11.3. The van der Waals surface area contributed by atoms with E-state index in [1.54, 1.807) is 0 Å². The van der Waals surface area contributed by atoms with Crippen molar-refractivity contribution in [1.82, 2.24) is 9.97 Å². The van der Waals surface area contributed by atoms with Crippen LogP contribution in [0.4, 0.5) is 5.82 Å². The number of ether oxygens (including phenoxy) is 1. The molecule has 0 aliphatic rings. The standard InChI is InChI=1S/C12H9Cl2N3O3/c1-20-6-2-3-8(18)7(4-6)11(19)16-10-5-9(13)15-12(14)17-10/h2-5,18H,1H3,(H,15,16,17,19). The van der Waals surface area contributed by atoms with E-state index >= 15 is 0 Å². The number of hydrogen-bond donors (Lipinski definition) is 2. The molecule has 0 bridgehead atoms. The summed E-state index contributed by atoms with van der Waals surface area (Å²) in [5.41, 5.74) is 0.0372. The number of methoxy groups -OCH3 is 1. The highest BCUT2D eigenvalue weighted by Gasteiger charge is 2.14. The summed E-state index contributed by atoms with van der Waals surface area (Å²) in [5, 5.41) is 12.1. The largest absolute Gasteiger partial charge is 0.507 e. The number of benzene rings is 1. The molecule has 0 radical (unpaired) electrons. The first-order valence-electron chi connectivity index (χ1n) is 5.38. The number of nitrogens with one attached hydrogen (secondary N) is 1. The molecule has 0 spiro atoms. The molecular formula is C12H9Cl2N3O3. The van der Waals surface area contributed by atoms with Gasteiger partial charge in [-0.1, -0.05) is 11.6 Å². The molecule has 6 nitrogen and oxygen atoms in total. The number of hydrogen-bond acceptors (Lipinski definition) is 5. The van der Waals surface area contributed by atoms with Gasteiger partial charge in [-0.3, -0.25) is 4.79 Å². The van der Waals surface area contributed by atoms with Gasteiger partial charge in [0.1, 0.15) is 22.5 Å². The fourth-order valence-corrected chi connectivity index (χ4v) is 1.87. The molecule has 0 unspecified atom stereocenters. The van der Waals surface area contributed by atoms with E-state index < -0.39 is 5.91 Å². The Kier molecular flexibility index (Phi) is 4.26. The monoisotopic (exact) mass is 313 g/mol. The molecule has 104 valence electrons. The predicted molar refractivity (Wildman–Crippen MR) is 74.7 cm³/mol. The smallest absolute Gasteiger partial charge is 0.260 e. The van der Waals surface area contributed by atoms with E-state index in [0.29, 0.717) is 5.75 Å². The molecule has 1 aromatic carbocycles. The Morgan fingerprint density at radius 1 is 1.30 bits per heavy atom. The molecule has 1 amide bonds. The van der Waals surface area contributed by atoms with Crippen molar-refractivity contribution in [1.29, 1.82) is 0 Å². The number of phenols is 1. The Labute approximate surface area is 124 Å². The van der Waals surface area contributed by atoms with Crippen molar-refractivity contribution < 1.29 is 14.6 Å². The fourth-order valence-electron chi connectivity index (χ4n) is 1.46. The lowest BCUT2D eigenvalue weighted by atomic mass is 10.1. The first-order valence-corrected chi connectivity index (χ1v) is 6.13. The Morgan fingerprint density at radius 3 is 2.70 bits per heavy atom. The van der Waals surface area contributed by atoms with Crippen LogP contribution in [0.2, 0.25) is 10.4 Å². The number of anilines is 1. The van der Waals surface area contributed by atoms with Gasteiger partial charge in [-0.25, -0.2) is 9.97 Å². The lowest BCUT2D eigenvalue weighted by Gasteiger charge is -2.08. The second kappa shape index (κ2) is 5.94. The summed E-state index contributed by atoms with van der Waals surface area (Å²) in [5.74, 6) is -0.198. The van der Waals surface area contributed by atoms with Crippen molar-refractivity contribution >= 4 is 34.9 Å². The van der Waals surface area contributed by atoms with Gasteiger partial charge in [-0.05, 0) is 29.8 Å². The molecule has 8 heteroatoms. The number of carbonyl (C=O) groups excluding carboxylic acids is 1. The molecule has 0 atom stereocenters. The minimum Gasteiger partial charge on any atom is -0.507 e. The predicted octanol–water partition coefficient (Wildman–Crippen LogP) is 2.75. The number of amides is 1. The normalized spacial score (nSPS) is 10.2. The summed E-state index contributed by atoms with van der Waals surface area (Å²) in [6.45, 7) is 0. The average molecular weight is 314 g/mol. The van der Waals surface area contributed by atoms with Gasteiger partial charge < -0.3 is 15.2 Å². The minimum absolute atomic E-state index is 0.0372. The van der Waals surface area contributed by atoms with Crippen LogP contribution in [-0.4, -0.2) is 28.1 Å². The highest BCUT2D eigenvalue weighted by atomic mass is 35.5. The van der Waals surface area contributed by atoms with Gasteiger partial charge in [0.25, 0.3) is 5.91 Å². The molecule has 20 heavy (non-hydrogen) atoms. The fraction of sp³-hybridized carbons (Fsp3) is 0.0833.